The van der Waals surface area contributed by atoms with Gasteiger partial charge in [-0.25, -0.2) is 9.97 Å². The minimum Gasteiger partial charge on any atom is -0.507 e. The SMILES string of the molecule is Oc1ccccc1-c1cc(-c2ccc3ccccc3c2)cc(-c2ccc3c4cccc5c6cccnc6n(c3n2)c54)c1. The third-order valence-corrected chi connectivity index (χ3v) is 8.45. The van der Waals surface area contributed by atoms with Gasteiger partial charge in [-0.05, 0) is 82.1 Å². The van der Waals surface area contributed by atoms with Crippen LogP contribution in [-0.4, -0.2) is 19.5 Å². The van der Waals surface area contributed by atoms with Crippen LogP contribution < -0.4 is 0 Å². The van der Waals surface area contributed by atoms with Gasteiger partial charge in [-0.1, -0.05) is 72.8 Å². The zero-order chi connectivity index (χ0) is 27.8. The third-order valence-electron chi connectivity index (χ3n) is 8.45. The van der Waals surface area contributed by atoms with Crippen molar-refractivity contribution in [3.63, 3.8) is 0 Å². The van der Waals surface area contributed by atoms with Gasteiger partial charge in [0.2, 0.25) is 0 Å². The fourth-order valence-electron chi connectivity index (χ4n) is 6.49. The second-order valence-corrected chi connectivity index (χ2v) is 10.9. The number of fused-ring (bicyclic) bond motifs is 7. The highest BCUT2D eigenvalue weighted by molar-refractivity contribution is 6.22. The molecular formula is C38H23N3O. The highest BCUT2D eigenvalue weighted by Gasteiger charge is 2.19. The van der Waals surface area contributed by atoms with Crippen molar-refractivity contribution in [2.45, 2.75) is 0 Å². The molecule has 0 unspecified atom stereocenters. The Bertz CT molecular complexity index is 2490. The lowest BCUT2D eigenvalue weighted by Crippen LogP contribution is -1.91. The predicted octanol–water partition coefficient (Wildman–Crippen LogP) is 9.49. The van der Waals surface area contributed by atoms with E-state index in [1.807, 2.05) is 30.5 Å². The van der Waals surface area contributed by atoms with Crippen LogP contribution in [0.4, 0.5) is 0 Å². The molecule has 4 aromatic heterocycles. The number of para-hydroxylation sites is 2. The summed E-state index contributed by atoms with van der Waals surface area (Å²) in [6.45, 7) is 0. The quantitative estimate of drug-likeness (QED) is 0.244. The van der Waals surface area contributed by atoms with Gasteiger partial charge in [0.15, 0.2) is 0 Å². The Hall–Kier alpha value is -5.74. The number of phenols is 1. The smallest absolute Gasteiger partial charge is 0.147 e. The van der Waals surface area contributed by atoms with Crippen LogP contribution in [0, 0.1) is 0 Å². The number of nitrogens with zero attached hydrogens (tertiary/aromatic N) is 3. The molecule has 4 nitrogen and oxygen atoms in total. The lowest BCUT2D eigenvalue weighted by Gasteiger charge is -2.12. The fourth-order valence-corrected chi connectivity index (χ4v) is 6.49. The van der Waals surface area contributed by atoms with Crippen LogP contribution >= 0.6 is 0 Å². The summed E-state index contributed by atoms with van der Waals surface area (Å²) in [5, 5.41) is 17.8. The van der Waals surface area contributed by atoms with E-state index in [0.717, 1.165) is 61.1 Å². The van der Waals surface area contributed by atoms with Crippen molar-refractivity contribution in [1.82, 2.24) is 14.4 Å². The van der Waals surface area contributed by atoms with Gasteiger partial charge in [-0.3, -0.25) is 4.40 Å². The number of hydrogen-bond donors (Lipinski definition) is 1. The standard InChI is InChI=1S/C38H23N3O/c42-35-13-4-3-9-29(35)27-20-26(25-15-14-23-7-1-2-8-24(23)19-25)21-28(22-27)34-17-16-33-31-11-5-10-30-32-12-6-18-39-37(32)41(36(30)31)38(33)40-34/h1-22,42H. The molecule has 4 heteroatoms. The molecular weight excluding hydrogens is 514 g/mol. The summed E-state index contributed by atoms with van der Waals surface area (Å²) in [5.41, 5.74) is 8.74. The number of phenolic OH excluding ortho intramolecular Hbond substituents is 1. The molecule has 0 bridgehead atoms. The first-order valence-electron chi connectivity index (χ1n) is 14.1. The average Bonchev–Trinajstić information content (AvgIpc) is 3.56. The molecule has 1 N–H and O–H groups in total. The summed E-state index contributed by atoms with van der Waals surface area (Å²) < 4.78 is 2.20. The second-order valence-electron chi connectivity index (χ2n) is 10.9. The molecule has 0 aliphatic carbocycles. The molecule has 0 atom stereocenters. The Morgan fingerprint density at radius 1 is 0.500 bits per heavy atom. The van der Waals surface area contributed by atoms with Gasteiger partial charge in [0, 0.05) is 38.9 Å². The van der Waals surface area contributed by atoms with E-state index in [-0.39, 0.29) is 5.75 Å². The first-order chi connectivity index (χ1) is 20.7. The lowest BCUT2D eigenvalue weighted by molar-refractivity contribution is 0.477. The van der Waals surface area contributed by atoms with Crippen molar-refractivity contribution in [3.8, 4) is 39.3 Å². The maximum absolute atomic E-state index is 10.8. The molecule has 0 saturated heterocycles. The molecule has 0 saturated carbocycles. The van der Waals surface area contributed by atoms with Gasteiger partial charge in [0.1, 0.15) is 17.0 Å². The van der Waals surface area contributed by atoms with Crippen LogP contribution in [0.25, 0.3) is 82.6 Å². The summed E-state index contributed by atoms with van der Waals surface area (Å²) in [6, 6.07) is 43.8. The normalized spacial score (nSPS) is 11.9. The maximum Gasteiger partial charge on any atom is 0.147 e. The lowest BCUT2D eigenvalue weighted by atomic mass is 9.93. The van der Waals surface area contributed by atoms with Gasteiger partial charge in [-0.2, -0.15) is 0 Å². The minimum atomic E-state index is 0.253. The van der Waals surface area contributed by atoms with Crippen LogP contribution in [0.3, 0.4) is 0 Å². The van der Waals surface area contributed by atoms with E-state index in [1.54, 1.807) is 6.07 Å². The van der Waals surface area contributed by atoms with E-state index < -0.39 is 0 Å². The van der Waals surface area contributed by atoms with Gasteiger partial charge in [-0.15, -0.1) is 0 Å². The molecule has 9 rings (SSSR count). The van der Waals surface area contributed by atoms with Crippen LogP contribution in [0.1, 0.15) is 0 Å². The Morgan fingerprint density at radius 2 is 1.24 bits per heavy atom. The average molecular weight is 538 g/mol. The molecule has 0 radical (unpaired) electrons. The highest BCUT2D eigenvalue weighted by atomic mass is 16.3. The number of hydrogen-bond acceptors (Lipinski definition) is 3. The Morgan fingerprint density at radius 3 is 2.12 bits per heavy atom. The van der Waals surface area contributed by atoms with Gasteiger partial charge in [0.05, 0.1) is 11.2 Å². The molecule has 0 aliphatic rings. The van der Waals surface area contributed by atoms with Crippen molar-refractivity contribution >= 4 is 49.1 Å². The van der Waals surface area contributed by atoms with Crippen molar-refractivity contribution in [1.29, 1.82) is 0 Å². The number of pyridine rings is 2. The number of rotatable bonds is 3. The predicted molar refractivity (Wildman–Crippen MR) is 172 cm³/mol. The summed E-state index contributed by atoms with van der Waals surface area (Å²) in [6.07, 6.45) is 1.85. The van der Waals surface area contributed by atoms with E-state index in [2.05, 4.69) is 101 Å². The Kier molecular flexibility index (Phi) is 4.73. The zero-order valence-corrected chi connectivity index (χ0v) is 22.5. The van der Waals surface area contributed by atoms with Gasteiger partial charge < -0.3 is 5.11 Å². The summed E-state index contributed by atoms with van der Waals surface area (Å²) >= 11 is 0. The van der Waals surface area contributed by atoms with Crippen molar-refractivity contribution in [2.75, 3.05) is 0 Å². The molecule has 42 heavy (non-hydrogen) atoms. The van der Waals surface area contributed by atoms with E-state index >= 15 is 0 Å². The second kappa shape index (κ2) is 8.63. The first-order valence-corrected chi connectivity index (χ1v) is 14.1. The van der Waals surface area contributed by atoms with Crippen LogP contribution in [0.5, 0.6) is 5.75 Å². The van der Waals surface area contributed by atoms with E-state index in [0.29, 0.717) is 0 Å². The van der Waals surface area contributed by atoms with Crippen molar-refractivity contribution < 1.29 is 5.11 Å². The highest BCUT2D eigenvalue weighted by Crippen LogP contribution is 2.40. The summed E-state index contributed by atoms with van der Waals surface area (Å²) in [5.74, 6) is 0.253. The Balaban J connectivity index is 1.32. The van der Waals surface area contributed by atoms with E-state index in [4.69, 9.17) is 9.97 Å². The molecule has 9 aromatic rings. The maximum atomic E-state index is 10.8. The zero-order valence-electron chi connectivity index (χ0n) is 22.5. The third kappa shape index (κ3) is 3.29. The molecule has 5 aromatic carbocycles. The fraction of sp³-hybridized carbons (Fsp3) is 0. The van der Waals surface area contributed by atoms with Crippen LogP contribution in [0.2, 0.25) is 0 Å². The van der Waals surface area contributed by atoms with Crippen LogP contribution in [-0.2, 0) is 0 Å². The van der Waals surface area contributed by atoms with Gasteiger partial charge >= 0.3 is 0 Å². The molecule has 196 valence electrons. The minimum absolute atomic E-state index is 0.253. The molecule has 4 heterocycles. The van der Waals surface area contributed by atoms with Gasteiger partial charge in [0.25, 0.3) is 0 Å². The van der Waals surface area contributed by atoms with Crippen molar-refractivity contribution in [2.24, 2.45) is 0 Å². The van der Waals surface area contributed by atoms with Crippen LogP contribution in [0.15, 0.2) is 134 Å². The Labute approximate surface area is 241 Å². The summed E-state index contributed by atoms with van der Waals surface area (Å²) in [7, 11) is 0. The first kappa shape index (κ1) is 23.0. The molecule has 0 fully saturated rings. The largest absolute Gasteiger partial charge is 0.507 e. The van der Waals surface area contributed by atoms with Crippen molar-refractivity contribution in [3.05, 3.63) is 134 Å². The summed E-state index contributed by atoms with van der Waals surface area (Å²) in [4.78, 5) is 10.0. The monoisotopic (exact) mass is 537 g/mol. The van der Waals surface area contributed by atoms with E-state index in [1.165, 1.54) is 21.5 Å². The number of benzene rings is 5. The topological polar surface area (TPSA) is 50.4 Å². The number of aromatic hydroxyl groups is 1. The molecule has 0 amide bonds. The molecule has 0 aliphatic heterocycles. The number of aromatic nitrogens is 3. The molecule has 0 spiro atoms. The van der Waals surface area contributed by atoms with E-state index in [9.17, 15) is 5.11 Å².